The average molecular weight is 261 g/mol. The zero-order valence-electron chi connectivity index (χ0n) is 10.5. The van der Waals surface area contributed by atoms with E-state index in [-0.39, 0.29) is 0 Å². The third-order valence-corrected chi connectivity index (χ3v) is 4.59. The van der Waals surface area contributed by atoms with Crippen LogP contribution >= 0.6 is 11.3 Å². The Balaban J connectivity index is 1.87. The van der Waals surface area contributed by atoms with Gasteiger partial charge in [0, 0.05) is 6.20 Å². The minimum absolute atomic E-state index is 0.545. The summed E-state index contributed by atoms with van der Waals surface area (Å²) in [6.45, 7) is 0. The Hall–Kier alpha value is -1.29. The number of hydrogen-bond donors (Lipinski definition) is 1. The van der Waals surface area contributed by atoms with Gasteiger partial charge in [-0.3, -0.25) is 4.68 Å². The Labute approximate surface area is 112 Å². The first-order valence-corrected chi connectivity index (χ1v) is 7.61. The molecular weight excluding hydrogens is 242 g/mol. The molecule has 0 atom stereocenters. The monoisotopic (exact) mass is 261 g/mol. The van der Waals surface area contributed by atoms with E-state index in [2.05, 4.69) is 16.1 Å². The lowest BCUT2D eigenvalue weighted by molar-refractivity contribution is 0.406. The maximum atomic E-state index is 6.10. The number of nitrogens with zero attached hydrogens (tertiary/aromatic N) is 2. The van der Waals surface area contributed by atoms with Crippen LogP contribution in [0.15, 0.2) is 23.7 Å². The van der Waals surface area contributed by atoms with Crippen LogP contribution < -0.4 is 5.73 Å². The first-order valence-electron chi connectivity index (χ1n) is 6.73. The summed E-state index contributed by atoms with van der Waals surface area (Å²) in [4.78, 5) is 1.17. The second kappa shape index (κ2) is 5.14. The molecule has 0 unspecified atom stereocenters. The van der Waals surface area contributed by atoms with Crippen molar-refractivity contribution in [2.45, 2.75) is 44.6 Å². The highest BCUT2D eigenvalue weighted by molar-refractivity contribution is 7.13. The van der Waals surface area contributed by atoms with Crippen LogP contribution in [0.2, 0.25) is 0 Å². The second-order valence-corrected chi connectivity index (χ2v) is 5.98. The highest BCUT2D eigenvalue weighted by atomic mass is 32.1. The molecule has 2 heterocycles. The quantitative estimate of drug-likeness (QED) is 0.827. The molecule has 0 bridgehead atoms. The third kappa shape index (κ3) is 2.29. The van der Waals surface area contributed by atoms with Crippen LogP contribution in [-0.2, 0) is 0 Å². The summed E-state index contributed by atoms with van der Waals surface area (Å²) < 4.78 is 2.11. The Kier molecular flexibility index (Phi) is 3.37. The van der Waals surface area contributed by atoms with Gasteiger partial charge in [-0.1, -0.05) is 31.7 Å². The molecule has 0 aromatic carbocycles. The van der Waals surface area contributed by atoms with E-state index < -0.39 is 0 Å². The SMILES string of the molecule is Nc1cn(C2CCCCCC2)nc1-c1cccs1. The molecule has 0 saturated heterocycles. The summed E-state index contributed by atoms with van der Waals surface area (Å²) in [6, 6.07) is 4.67. The van der Waals surface area contributed by atoms with Crippen LogP contribution in [0.4, 0.5) is 5.69 Å². The summed E-state index contributed by atoms with van der Waals surface area (Å²) in [5, 5.41) is 6.79. The van der Waals surface area contributed by atoms with Crippen molar-refractivity contribution >= 4 is 17.0 Å². The molecule has 4 heteroatoms. The fourth-order valence-corrected chi connectivity index (χ4v) is 3.45. The van der Waals surface area contributed by atoms with Gasteiger partial charge in [-0.2, -0.15) is 5.10 Å². The molecule has 3 rings (SSSR count). The van der Waals surface area contributed by atoms with Crippen molar-refractivity contribution in [3.63, 3.8) is 0 Å². The smallest absolute Gasteiger partial charge is 0.125 e. The first-order chi connectivity index (χ1) is 8.84. The van der Waals surface area contributed by atoms with Gasteiger partial charge >= 0.3 is 0 Å². The molecule has 1 saturated carbocycles. The predicted octanol–water partition coefficient (Wildman–Crippen LogP) is 4.09. The summed E-state index contributed by atoms with van der Waals surface area (Å²) in [7, 11) is 0. The molecule has 1 fully saturated rings. The molecule has 18 heavy (non-hydrogen) atoms. The Morgan fingerprint density at radius 2 is 2.00 bits per heavy atom. The molecular formula is C14H19N3S. The van der Waals surface area contributed by atoms with E-state index in [9.17, 15) is 0 Å². The Bertz CT molecular complexity index is 493. The molecule has 2 aromatic rings. The van der Waals surface area contributed by atoms with Crippen LogP contribution in [-0.4, -0.2) is 9.78 Å². The van der Waals surface area contributed by atoms with Gasteiger partial charge in [0.2, 0.25) is 0 Å². The van der Waals surface area contributed by atoms with Crippen molar-refractivity contribution in [2.75, 3.05) is 5.73 Å². The number of aromatic nitrogens is 2. The van der Waals surface area contributed by atoms with E-state index in [1.165, 1.54) is 43.4 Å². The molecule has 96 valence electrons. The van der Waals surface area contributed by atoms with E-state index in [4.69, 9.17) is 10.8 Å². The first kappa shape index (κ1) is 11.8. The zero-order chi connectivity index (χ0) is 12.4. The summed E-state index contributed by atoms with van der Waals surface area (Å²) >= 11 is 1.70. The van der Waals surface area contributed by atoms with Crippen LogP contribution in [0.3, 0.4) is 0 Å². The molecule has 2 aromatic heterocycles. The van der Waals surface area contributed by atoms with Crippen molar-refractivity contribution in [1.82, 2.24) is 9.78 Å². The molecule has 1 aliphatic carbocycles. The molecule has 0 radical (unpaired) electrons. The van der Waals surface area contributed by atoms with Crippen molar-refractivity contribution in [2.24, 2.45) is 0 Å². The number of thiophene rings is 1. The summed E-state index contributed by atoms with van der Waals surface area (Å²) in [5.74, 6) is 0. The largest absolute Gasteiger partial charge is 0.396 e. The maximum absolute atomic E-state index is 6.10. The molecule has 2 N–H and O–H groups in total. The second-order valence-electron chi connectivity index (χ2n) is 5.04. The summed E-state index contributed by atoms with van der Waals surface area (Å²) in [6.07, 6.45) is 9.87. The minimum Gasteiger partial charge on any atom is -0.396 e. The summed E-state index contributed by atoms with van der Waals surface area (Å²) in [5.41, 5.74) is 7.86. The molecule has 0 spiro atoms. The van der Waals surface area contributed by atoms with Gasteiger partial charge in [-0.25, -0.2) is 0 Å². The van der Waals surface area contributed by atoms with Gasteiger partial charge in [0.05, 0.1) is 16.6 Å². The van der Waals surface area contributed by atoms with Crippen molar-refractivity contribution in [3.05, 3.63) is 23.7 Å². The van der Waals surface area contributed by atoms with Gasteiger partial charge < -0.3 is 5.73 Å². The van der Waals surface area contributed by atoms with Gasteiger partial charge in [-0.05, 0) is 24.3 Å². The molecule has 3 nitrogen and oxygen atoms in total. The van der Waals surface area contributed by atoms with Crippen molar-refractivity contribution < 1.29 is 0 Å². The van der Waals surface area contributed by atoms with E-state index >= 15 is 0 Å². The number of hydrogen-bond acceptors (Lipinski definition) is 3. The lowest BCUT2D eigenvalue weighted by atomic mass is 10.1. The van der Waals surface area contributed by atoms with Gasteiger partial charge in [-0.15, -0.1) is 11.3 Å². The molecule has 0 amide bonds. The zero-order valence-corrected chi connectivity index (χ0v) is 11.3. The highest BCUT2D eigenvalue weighted by Gasteiger charge is 2.17. The van der Waals surface area contributed by atoms with Gasteiger partial charge in [0.15, 0.2) is 0 Å². The average Bonchev–Trinajstić information content (AvgIpc) is 2.92. The van der Waals surface area contributed by atoms with E-state index in [0.717, 1.165) is 11.4 Å². The minimum atomic E-state index is 0.545. The van der Waals surface area contributed by atoms with Crippen LogP contribution in [0, 0.1) is 0 Å². The van der Waals surface area contributed by atoms with E-state index in [1.807, 2.05) is 12.3 Å². The van der Waals surface area contributed by atoms with Gasteiger partial charge in [0.25, 0.3) is 0 Å². The van der Waals surface area contributed by atoms with Crippen LogP contribution in [0.5, 0.6) is 0 Å². The predicted molar refractivity (Wildman–Crippen MR) is 76.7 cm³/mol. The normalized spacial score (nSPS) is 17.8. The standard InChI is InChI=1S/C14H19N3S/c15-12-10-17(11-6-3-1-2-4-7-11)16-14(12)13-8-5-9-18-13/h5,8-11H,1-4,6-7,15H2. The number of rotatable bonds is 2. The molecule has 0 aliphatic heterocycles. The lowest BCUT2D eigenvalue weighted by Crippen LogP contribution is -2.08. The lowest BCUT2D eigenvalue weighted by Gasteiger charge is -2.14. The number of anilines is 1. The maximum Gasteiger partial charge on any atom is 0.125 e. The highest BCUT2D eigenvalue weighted by Crippen LogP contribution is 2.32. The Morgan fingerprint density at radius 1 is 1.22 bits per heavy atom. The van der Waals surface area contributed by atoms with E-state index in [1.54, 1.807) is 11.3 Å². The van der Waals surface area contributed by atoms with Crippen molar-refractivity contribution in [1.29, 1.82) is 0 Å². The Morgan fingerprint density at radius 3 is 2.67 bits per heavy atom. The van der Waals surface area contributed by atoms with E-state index in [0.29, 0.717) is 6.04 Å². The topological polar surface area (TPSA) is 43.8 Å². The van der Waals surface area contributed by atoms with Gasteiger partial charge in [0.1, 0.15) is 5.69 Å². The fraction of sp³-hybridized carbons (Fsp3) is 0.500. The fourth-order valence-electron chi connectivity index (χ4n) is 2.72. The van der Waals surface area contributed by atoms with Crippen molar-refractivity contribution in [3.8, 4) is 10.6 Å². The van der Waals surface area contributed by atoms with Crippen LogP contribution in [0.25, 0.3) is 10.6 Å². The molecule has 1 aliphatic rings. The third-order valence-electron chi connectivity index (χ3n) is 3.71. The number of nitrogen functional groups attached to an aromatic ring is 1. The number of nitrogens with two attached hydrogens (primary N) is 1. The van der Waals surface area contributed by atoms with Crippen LogP contribution in [0.1, 0.15) is 44.6 Å².